The van der Waals surface area contributed by atoms with Crippen LogP contribution < -0.4 is 0 Å². The van der Waals surface area contributed by atoms with Crippen molar-refractivity contribution in [3.8, 4) is 11.3 Å². The first-order chi connectivity index (χ1) is 11.3. The van der Waals surface area contributed by atoms with Crippen molar-refractivity contribution in [3.05, 3.63) is 53.2 Å². The van der Waals surface area contributed by atoms with Crippen LogP contribution in [0.4, 0.5) is 0 Å². The van der Waals surface area contributed by atoms with E-state index in [4.69, 9.17) is 0 Å². The van der Waals surface area contributed by atoms with Crippen LogP contribution >= 0.6 is 0 Å². The van der Waals surface area contributed by atoms with Gasteiger partial charge in [0.25, 0.3) is 0 Å². The van der Waals surface area contributed by atoms with Crippen LogP contribution in [0.15, 0.2) is 36.5 Å². The minimum Gasteiger partial charge on any atom is -0.256 e. The van der Waals surface area contributed by atoms with Crippen molar-refractivity contribution < 1.29 is 0 Å². The molecule has 2 rings (SSSR count). The molecule has 0 aliphatic heterocycles. The van der Waals surface area contributed by atoms with Gasteiger partial charge in [0.2, 0.25) is 0 Å². The van der Waals surface area contributed by atoms with Crippen molar-refractivity contribution in [2.24, 2.45) is 0 Å². The summed E-state index contributed by atoms with van der Waals surface area (Å²) in [6.07, 6.45) is 7.39. The quantitative estimate of drug-likeness (QED) is 0.539. The highest BCUT2D eigenvalue weighted by molar-refractivity contribution is 5.64. The predicted octanol–water partition coefficient (Wildman–Crippen LogP) is 7.25. The Hall–Kier alpha value is -1.63. The standard InChI is InChI=1S/C17H21N.C6H14/c1-12-7-6-10-18-16(12)14-8-9-15(13(2)11-14)17(3,4)5;1-3-5-6-4-2/h6-11H,1-5H3;3-6H2,1-2H3. The molecule has 2 aromatic rings. The van der Waals surface area contributed by atoms with E-state index in [0.717, 1.165) is 5.69 Å². The average molecular weight is 326 g/mol. The molecule has 0 atom stereocenters. The number of hydrogen-bond acceptors (Lipinski definition) is 1. The lowest BCUT2D eigenvalue weighted by Crippen LogP contribution is -2.12. The van der Waals surface area contributed by atoms with Gasteiger partial charge in [0.15, 0.2) is 0 Å². The van der Waals surface area contributed by atoms with Gasteiger partial charge in [-0.2, -0.15) is 0 Å². The van der Waals surface area contributed by atoms with Gasteiger partial charge in [-0.25, -0.2) is 0 Å². The smallest absolute Gasteiger partial charge is 0.0731 e. The number of hydrogen-bond donors (Lipinski definition) is 0. The van der Waals surface area contributed by atoms with Gasteiger partial charge < -0.3 is 0 Å². The first-order valence-electron chi connectivity index (χ1n) is 9.34. The number of aromatic nitrogens is 1. The lowest BCUT2D eigenvalue weighted by Gasteiger charge is -2.22. The Labute approximate surface area is 149 Å². The van der Waals surface area contributed by atoms with E-state index in [1.165, 1.54) is 47.9 Å². The SMILES string of the molecule is CCCCCC.Cc1cc(-c2ncccc2C)ccc1C(C)(C)C. The maximum Gasteiger partial charge on any atom is 0.0731 e. The van der Waals surface area contributed by atoms with Crippen LogP contribution in [0, 0.1) is 13.8 Å². The maximum atomic E-state index is 4.48. The highest BCUT2D eigenvalue weighted by atomic mass is 14.7. The maximum absolute atomic E-state index is 4.48. The second-order valence-electron chi connectivity index (χ2n) is 7.66. The van der Waals surface area contributed by atoms with Crippen molar-refractivity contribution in [2.45, 2.75) is 79.6 Å². The van der Waals surface area contributed by atoms with E-state index in [9.17, 15) is 0 Å². The summed E-state index contributed by atoms with van der Waals surface area (Å²) in [7, 11) is 0. The van der Waals surface area contributed by atoms with Crippen LogP contribution in [-0.4, -0.2) is 4.98 Å². The monoisotopic (exact) mass is 325 g/mol. The van der Waals surface area contributed by atoms with Gasteiger partial charge >= 0.3 is 0 Å². The van der Waals surface area contributed by atoms with Crippen LogP contribution in [0.25, 0.3) is 11.3 Å². The minimum absolute atomic E-state index is 0.196. The van der Waals surface area contributed by atoms with E-state index < -0.39 is 0 Å². The van der Waals surface area contributed by atoms with Gasteiger partial charge in [-0.15, -0.1) is 0 Å². The molecule has 1 aromatic carbocycles. The molecular weight excluding hydrogens is 290 g/mol. The fraction of sp³-hybridized carbons (Fsp3) is 0.522. The van der Waals surface area contributed by atoms with Crippen molar-refractivity contribution in [3.63, 3.8) is 0 Å². The van der Waals surface area contributed by atoms with E-state index in [1.807, 2.05) is 12.3 Å². The molecule has 0 N–H and O–H groups in total. The van der Waals surface area contributed by atoms with E-state index in [1.54, 1.807) is 0 Å². The zero-order valence-corrected chi connectivity index (χ0v) is 16.7. The number of aryl methyl sites for hydroxylation is 2. The van der Waals surface area contributed by atoms with Crippen molar-refractivity contribution in [2.75, 3.05) is 0 Å². The van der Waals surface area contributed by atoms with E-state index >= 15 is 0 Å². The molecule has 0 aliphatic rings. The van der Waals surface area contributed by atoms with Crippen molar-refractivity contribution >= 4 is 0 Å². The Morgan fingerprint density at radius 3 is 1.96 bits per heavy atom. The second kappa shape index (κ2) is 9.61. The topological polar surface area (TPSA) is 12.9 Å². The molecule has 1 heteroatoms. The first-order valence-corrected chi connectivity index (χ1v) is 9.34. The van der Waals surface area contributed by atoms with Gasteiger partial charge in [0, 0.05) is 11.8 Å². The van der Waals surface area contributed by atoms with E-state index in [0.29, 0.717) is 0 Å². The molecule has 0 aliphatic carbocycles. The third-order valence-corrected chi connectivity index (χ3v) is 4.27. The van der Waals surface area contributed by atoms with Crippen LogP contribution in [0.5, 0.6) is 0 Å². The molecule has 24 heavy (non-hydrogen) atoms. The summed E-state index contributed by atoms with van der Waals surface area (Å²) in [5, 5.41) is 0. The first kappa shape index (κ1) is 20.4. The van der Waals surface area contributed by atoms with E-state index in [-0.39, 0.29) is 5.41 Å². The highest BCUT2D eigenvalue weighted by Crippen LogP contribution is 2.29. The summed E-state index contributed by atoms with van der Waals surface area (Å²) in [6, 6.07) is 10.8. The largest absolute Gasteiger partial charge is 0.256 e. The molecule has 0 unspecified atom stereocenters. The molecule has 1 heterocycles. The Morgan fingerprint density at radius 1 is 0.875 bits per heavy atom. The zero-order chi connectivity index (χ0) is 18.2. The number of pyridine rings is 1. The van der Waals surface area contributed by atoms with Crippen LogP contribution in [-0.2, 0) is 5.41 Å². The Morgan fingerprint density at radius 2 is 1.50 bits per heavy atom. The van der Waals surface area contributed by atoms with Crippen LogP contribution in [0.2, 0.25) is 0 Å². The molecule has 0 spiro atoms. The normalized spacial score (nSPS) is 11.0. The average Bonchev–Trinajstić information content (AvgIpc) is 2.52. The molecule has 0 amide bonds. The Kier molecular flexibility index (Phi) is 8.18. The fourth-order valence-electron chi connectivity index (χ4n) is 2.94. The molecule has 1 nitrogen and oxygen atoms in total. The van der Waals surface area contributed by atoms with Crippen molar-refractivity contribution in [1.29, 1.82) is 0 Å². The van der Waals surface area contributed by atoms with E-state index in [2.05, 4.69) is 77.7 Å². The number of nitrogens with zero attached hydrogens (tertiary/aromatic N) is 1. The van der Waals surface area contributed by atoms with Crippen LogP contribution in [0.1, 0.15) is 77.0 Å². The van der Waals surface area contributed by atoms with Gasteiger partial charge in [-0.05, 0) is 48.1 Å². The summed E-state index contributed by atoms with van der Waals surface area (Å²) in [4.78, 5) is 4.48. The predicted molar refractivity (Wildman–Crippen MR) is 108 cm³/mol. The summed E-state index contributed by atoms with van der Waals surface area (Å²) in [5.74, 6) is 0. The minimum atomic E-state index is 0.196. The van der Waals surface area contributed by atoms with Gasteiger partial charge in [0.05, 0.1) is 5.69 Å². The molecule has 1 aromatic heterocycles. The lowest BCUT2D eigenvalue weighted by atomic mass is 9.83. The van der Waals surface area contributed by atoms with Gasteiger partial charge in [0.1, 0.15) is 0 Å². The fourth-order valence-corrected chi connectivity index (χ4v) is 2.94. The zero-order valence-electron chi connectivity index (χ0n) is 16.7. The second-order valence-corrected chi connectivity index (χ2v) is 7.66. The molecule has 0 saturated carbocycles. The third-order valence-electron chi connectivity index (χ3n) is 4.27. The van der Waals surface area contributed by atoms with Gasteiger partial charge in [-0.3, -0.25) is 4.98 Å². The summed E-state index contributed by atoms with van der Waals surface area (Å²) in [6.45, 7) is 15.5. The number of unbranched alkanes of at least 4 members (excludes halogenated alkanes) is 3. The Balaban J connectivity index is 0.000000413. The van der Waals surface area contributed by atoms with Crippen LogP contribution in [0.3, 0.4) is 0 Å². The summed E-state index contributed by atoms with van der Waals surface area (Å²) in [5.41, 5.74) is 6.45. The molecule has 0 radical (unpaired) electrons. The molecule has 0 fully saturated rings. The number of benzene rings is 1. The lowest BCUT2D eigenvalue weighted by molar-refractivity contribution is 0.586. The third kappa shape index (κ3) is 6.11. The molecular formula is C23H35N. The molecule has 0 bridgehead atoms. The Bertz CT molecular complexity index is 616. The van der Waals surface area contributed by atoms with Gasteiger partial charge in [-0.1, -0.05) is 78.5 Å². The molecule has 132 valence electrons. The highest BCUT2D eigenvalue weighted by Gasteiger charge is 2.16. The summed E-state index contributed by atoms with van der Waals surface area (Å²) < 4.78 is 0. The summed E-state index contributed by atoms with van der Waals surface area (Å²) >= 11 is 0. The molecule has 0 saturated heterocycles. The van der Waals surface area contributed by atoms with Crippen molar-refractivity contribution in [1.82, 2.24) is 4.98 Å². The number of rotatable bonds is 4.